The zero-order chi connectivity index (χ0) is 8.97. The van der Waals surface area contributed by atoms with Crippen LogP contribution in [-0.2, 0) is 0 Å². The van der Waals surface area contributed by atoms with E-state index in [-0.39, 0.29) is 0 Å². The molecule has 0 aliphatic rings. The van der Waals surface area contributed by atoms with Crippen molar-refractivity contribution >= 4 is 10.9 Å². The quantitative estimate of drug-likeness (QED) is 0.634. The second kappa shape index (κ2) is 3.90. The van der Waals surface area contributed by atoms with Crippen molar-refractivity contribution in [2.45, 2.75) is 20.8 Å². The summed E-state index contributed by atoms with van der Waals surface area (Å²) in [5.74, 6) is 0. The summed E-state index contributed by atoms with van der Waals surface area (Å²) in [5, 5.41) is 1.17. The van der Waals surface area contributed by atoms with Gasteiger partial charge in [0.05, 0.1) is 0 Å². The van der Waals surface area contributed by atoms with E-state index in [1.807, 2.05) is 45.3 Å². The van der Waals surface area contributed by atoms with E-state index >= 15 is 0 Å². The van der Waals surface area contributed by atoms with Crippen molar-refractivity contribution in [2.75, 3.05) is 0 Å². The molecule has 64 valence electrons. The lowest BCUT2D eigenvalue weighted by Crippen LogP contribution is -1.77. The third-order valence-corrected chi connectivity index (χ3v) is 1.57. The lowest BCUT2D eigenvalue weighted by molar-refractivity contribution is 1.22. The summed E-state index contributed by atoms with van der Waals surface area (Å²) >= 11 is 0. The molecule has 0 saturated heterocycles. The lowest BCUT2D eigenvalue weighted by atomic mass is 10.3. The minimum atomic E-state index is 1.05. The highest BCUT2D eigenvalue weighted by molar-refractivity contribution is 5.78. The van der Waals surface area contributed by atoms with Crippen LogP contribution < -0.4 is 0 Å². The Hall–Kier alpha value is -1.31. The van der Waals surface area contributed by atoms with Gasteiger partial charge in [-0.15, -0.1) is 0 Å². The number of hydrogen-bond acceptors (Lipinski definition) is 1. The van der Waals surface area contributed by atoms with Crippen LogP contribution in [-0.4, -0.2) is 9.97 Å². The zero-order valence-corrected chi connectivity index (χ0v) is 7.76. The van der Waals surface area contributed by atoms with Gasteiger partial charge in [0.2, 0.25) is 0 Å². The zero-order valence-electron chi connectivity index (χ0n) is 7.76. The fourth-order valence-corrected chi connectivity index (χ4v) is 1.05. The number of nitrogens with one attached hydrogen (secondary N) is 1. The van der Waals surface area contributed by atoms with Crippen LogP contribution in [0.2, 0.25) is 0 Å². The second-order valence-electron chi connectivity index (χ2n) is 2.39. The van der Waals surface area contributed by atoms with Crippen molar-refractivity contribution in [3.63, 3.8) is 0 Å². The van der Waals surface area contributed by atoms with Gasteiger partial charge in [0.25, 0.3) is 0 Å². The molecule has 0 aliphatic heterocycles. The number of hydrogen-bond donors (Lipinski definition) is 1. The Balaban J connectivity index is 0.000000336. The predicted molar refractivity (Wildman–Crippen MR) is 52.2 cm³/mol. The molecule has 0 unspecified atom stereocenters. The summed E-state index contributed by atoms with van der Waals surface area (Å²) in [7, 11) is 0. The average molecular weight is 162 g/mol. The predicted octanol–water partition coefficient (Wildman–Crippen LogP) is 2.90. The number of H-pyrrole nitrogens is 1. The topological polar surface area (TPSA) is 28.7 Å². The first-order valence-electron chi connectivity index (χ1n) is 4.26. The molecule has 1 N–H and O–H groups in total. The van der Waals surface area contributed by atoms with Crippen LogP contribution in [0.4, 0.5) is 0 Å². The van der Waals surface area contributed by atoms with Gasteiger partial charge in [0.1, 0.15) is 0 Å². The number of pyridine rings is 1. The maximum absolute atomic E-state index is 4.16. The van der Waals surface area contributed by atoms with Gasteiger partial charge in [-0.3, -0.25) is 4.98 Å². The first kappa shape index (κ1) is 8.78. The van der Waals surface area contributed by atoms with Gasteiger partial charge in [-0.05, 0) is 19.1 Å². The van der Waals surface area contributed by atoms with Crippen LogP contribution in [0.1, 0.15) is 19.5 Å². The number of fused-ring (bicyclic) bond motifs is 1. The third-order valence-electron chi connectivity index (χ3n) is 1.57. The van der Waals surface area contributed by atoms with Crippen LogP contribution in [0.3, 0.4) is 0 Å². The average Bonchev–Trinajstić information content (AvgIpc) is 2.54. The molecule has 0 aromatic carbocycles. The maximum Gasteiger partial charge on any atom is 0.0487 e. The van der Waals surface area contributed by atoms with Crippen LogP contribution in [0.25, 0.3) is 10.9 Å². The van der Waals surface area contributed by atoms with Crippen molar-refractivity contribution in [3.05, 3.63) is 30.2 Å². The molecule has 0 radical (unpaired) electrons. The Labute approximate surface area is 72.6 Å². The minimum absolute atomic E-state index is 1.05. The molecule has 2 aromatic heterocycles. The molecule has 0 bridgehead atoms. The van der Waals surface area contributed by atoms with E-state index in [1.54, 1.807) is 0 Å². The molecule has 2 rings (SSSR count). The molecular weight excluding hydrogens is 148 g/mol. The summed E-state index contributed by atoms with van der Waals surface area (Å²) in [5.41, 5.74) is 2.21. The molecule has 0 fully saturated rings. The Morgan fingerprint density at radius 1 is 1.33 bits per heavy atom. The van der Waals surface area contributed by atoms with Crippen LogP contribution in [0.5, 0.6) is 0 Å². The van der Waals surface area contributed by atoms with E-state index in [1.165, 1.54) is 5.39 Å². The number of aromatic nitrogens is 2. The van der Waals surface area contributed by atoms with Crippen molar-refractivity contribution in [2.24, 2.45) is 0 Å². The molecule has 12 heavy (non-hydrogen) atoms. The standard InChI is InChI=1S/C8H8N2.C2H6/c1-6-4-8-7(5-10-6)2-3-9-8;1-2/h2-5,9H,1H3;1-2H3. The third kappa shape index (κ3) is 1.64. The largest absolute Gasteiger partial charge is 0.361 e. The molecule has 2 heteroatoms. The lowest BCUT2D eigenvalue weighted by Gasteiger charge is -1.89. The number of aryl methyl sites for hydroxylation is 1. The number of nitrogens with zero attached hydrogens (tertiary/aromatic N) is 1. The van der Waals surface area contributed by atoms with Gasteiger partial charge >= 0.3 is 0 Å². The van der Waals surface area contributed by atoms with E-state index in [0.717, 1.165) is 11.2 Å². The van der Waals surface area contributed by atoms with Crippen molar-refractivity contribution in [1.82, 2.24) is 9.97 Å². The van der Waals surface area contributed by atoms with E-state index in [0.29, 0.717) is 0 Å². The highest BCUT2D eigenvalue weighted by Crippen LogP contribution is 2.10. The van der Waals surface area contributed by atoms with Gasteiger partial charge in [-0.1, -0.05) is 13.8 Å². The van der Waals surface area contributed by atoms with Crippen LogP contribution in [0, 0.1) is 6.92 Å². The normalized spacial score (nSPS) is 9.25. The van der Waals surface area contributed by atoms with Gasteiger partial charge in [0, 0.05) is 29.0 Å². The SMILES string of the molecule is CC.Cc1cc2[nH]ccc2cn1. The summed E-state index contributed by atoms with van der Waals surface area (Å²) in [6.45, 7) is 5.99. The molecule has 2 aromatic rings. The molecule has 2 nitrogen and oxygen atoms in total. The second-order valence-corrected chi connectivity index (χ2v) is 2.39. The Bertz CT molecular complexity index is 349. The van der Waals surface area contributed by atoms with Crippen LogP contribution >= 0.6 is 0 Å². The van der Waals surface area contributed by atoms with E-state index in [4.69, 9.17) is 0 Å². The van der Waals surface area contributed by atoms with E-state index in [9.17, 15) is 0 Å². The summed E-state index contributed by atoms with van der Waals surface area (Å²) in [6.07, 6.45) is 3.80. The van der Waals surface area contributed by atoms with E-state index < -0.39 is 0 Å². The Morgan fingerprint density at radius 3 is 2.83 bits per heavy atom. The fraction of sp³-hybridized carbons (Fsp3) is 0.300. The molecule has 2 heterocycles. The number of aromatic amines is 1. The van der Waals surface area contributed by atoms with Gasteiger partial charge < -0.3 is 4.98 Å². The van der Waals surface area contributed by atoms with Crippen molar-refractivity contribution < 1.29 is 0 Å². The van der Waals surface area contributed by atoms with Crippen molar-refractivity contribution in [3.8, 4) is 0 Å². The van der Waals surface area contributed by atoms with Crippen molar-refractivity contribution in [1.29, 1.82) is 0 Å². The molecule has 0 spiro atoms. The summed E-state index contributed by atoms with van der Waals surface area (Å²) in [6, 6.07) is 4.05. The minimum Gasteiger partial charge on any atom is -0.361 e. The highest BCUT2D eigenvalue weighted by Gasteiger charge is 1.92. The summed E-state index contributed by atoms with van der Waals surface area (Å²) in [4.78, 5) is 7.28. The first-order chi connectivity index (χ1) is 5.86. The maximum atomic E-state index is 4.16. The van der Waals surface area contributed by atoms with Gasteiger partial charge in [-0.2, -0.15) is 0 Å². The monoisotopic (exact) mass is 162 g/mol. The Kier molecular flexibility index (Phi) is 2.86. The first-order valence-corrected chi connectivity index (χ1v) is 4.26. The Morgan fingerprint density at radius 2 is 2.08 bits per heavy atom. The summed E-state index contributed by atoms with van der Waals surface area (Å²) < 4.78 is 0. The number of rotatable bonds is 0. The molecular formula is C10H14N2. The molecule has 0 atom stereocenters. The molecule has 0 aliphatic carbocycles. The smallest absolute Gasteiger partial charge is 0.0487 e. The highest BCUT2D eigenvalue weighted by atomic mass is 14.7. The fourth-order valence-electron chi connectivity index (χ4n) is 1.05. The van der Waals surface area contributed by atoms with Gasteiger partial charge in [-0.25, -0.2) is 0 Å². The van der Waals surface area contributed by atoms with E-state index in [2.05, 4.69) is 9.97 Å². The molecule has 0 amide bonds. The molecule has 0 saturated carbocycles. The van der Waals surface area contributed by atoms with Gasteiger partial charge in [0.15, 0.2) is 0 Å². The van der Waals surface area contributed by atoms with Crippen LogP contribution in [0.15, 0.2) is 24.5 Å².